The molecular weight excluding hydrogens is 215 g/mol. The molecule has 0 bridgehead atoms. The first-order valence-electron chi connectivity index (χ1n) is 6.15. The Kier molecular flexibility index (Phi) is 3.75. The van der Waals surface area contributed by atoms with Crippen molar-refractivity contribution in [1.29, 1.82) is 5.26 Å². The lowest BCUT2D eigenvalue weighted by Crippen LogP contribution is -2.30. The van der Waals surface area contributed by atoms with E-state index in [1.54, 1.807) is 6.07 Å². The van der Waals surface area contributed by atoms with Crippen LogP contribution in [0.15, 0.2) is 24.3 Å². The zero-order valence-electron chi connectivity index (χ0n) is 9.88. The van der Waals surface area contributed by atoms with Gasteiger partial charge in [0.2, 0.25) is 0 Å². The van der Waals surface area contributed by atoms with Crippen molar-refractivity contribution in [2.75, 3.05) is 6.54 Å². The van der Waals surface area contributed by atoms with Crippen LogP contribution in [0.1, 0.15) is 37.7 Å². The van der Waals surface area contributed by atoms with Gasteiger partial charge in [0.05, 0.1) is 6.07 Å². The summed E-state index contributed by atoms with van der Waals surface area (Å²) in [7, 11) is 0. The molecule has 0 atom stereocenters. The quantitative estimate of drug-likeness (QED) is 0.765. The van der Waals surface area contributed by atoms with Gasteiger partial charge >= 0.3 is 0 Å². The minimum atomic E-state index is -0.127. The van der Waals surface area contributed by atoms with E-state index < -0.39 is 0 Å². The predicted octanol–water partition coefficient (Wildman–Crippen LogP) is 3.10. The monoisotopic (exact) mass is 232 g/mol. The Balaban J connectivity index is 1.88. The molecule has 0 unspecified atom stereocenters. The van der Waals surface area contributed by atoms with Crippen LogP contribution in [0.4, 0.5) is 4.39 Å². The molecule has 1 saturated carbocycles. The van der Waals surface area contributed by atoms with Gasteiger partial charge in [-0.15, -0.1) is 0 Å². The first-order chi connectivity index (χ1) is 8.28. The second-order valence-corrected chi connectivity index (χ2v) is 4.60. The highest BCUT2D eigenvalue weighted by molar-refractivity contribution is 5.31. The van der Waals surface area contributed by atoms with E-state index in [9.17, 15) is 4.39 Å². The first-order valence-corrected chi connectivity index (χ1v) is 6.15. The van der Waals surface area contributed by atoms with Gasteiger partial charge in [0.15, 0.2) is 0 Å². The van der Waals surface area contributed by atoms with Gasteiger partial charge in [0.1, 0.15) is 5.82 Å². The Bertz CT molecular complexity index is 418. The van der Waals surface area contributed by atoms with Gasteiger partial charge in [-0.3, -0.25) is 0 Å². The topological polar surface area (TPSA) is 35.8 Å². The minimum Gasteiger partial charge on any atom is -0.307 e. The van der Waals surface area contributed by atoms with Crippen LogP contribution in [0.3, 0.4) is 0 Å². The minimum absolute atomic E-state index is 0.116. The van der Waals surface area contributed by atoms with Gasteiger partial charge < -0.3 is 5.32 Å². The highest BCUT2D eigenvalue weighted by Gasteiger charge is 2.45. The molecule has 1 fully saturated rings. The molecule has 17 heavy (non-hydrogen) atoms. The van der Waals surface area contributed by atoms with Crippen LogP contribution < -0.4 is 5.32 Å². The first kappa shape index (κ1) is 12.1. The second kappa shape index (κ2) is 5.29. The summed E-state index contributed by atoms with van der Waals surface area (Å²) in [5.41, 5.74) is 0.665. The molecule has 0 radical (unpaired) electrons. The number of halogens is 1. The summed E-state index contributed by atoms with van der Waals surface area (Å²) in [6, 6.07) is 9.13. The molecule has 90 valence electrons. The highest BCUT2D eigenvalue weighted by atomic mass is 19.1. The molecule has 1 N–H and O–H groups in total. The zero-order valence-corrected chi connectivity index (χ0v) is 9.88. The van der Waals surface area contributed by atoms with E-state index in [1.165, 1.54) is 6.07 Å². The number of nitriles is 1. The SMILES string of the molecule is N#CCCCCNC1(c2ccccc2F)CC1. The summed E-state index contributed by atoms with van der Waals surface area (Å²) in [5, 5.41) is 11.9. The number of nitrogens with one attached hydrogen (secondary N) is 1. The number of nitrogens with zero attached hydrogens (tertiary/aromatic N) is 1. The van der Waals surface area contributed by atoms with Crippen LogP contribution >= 0.6 is 0 Å². The Labute approximate surface area is 101 Å². The van der Waals surface area contributed by atoms with Gasteiger partial charge in [-0.2, -0.15) is 5.26 Å². The second-order valence-electron chi connectivity index (χ2n) is 4.60. The van der Waals surface area contributed by atoms with Crippen LogP contribution in [0.5, 0.6) is 0 Å². The molecule has 0 aromatic heterocycles. The molecule has 0 saturated heterocycles. The van der Waals surface area contributed by atoms with E-state index in [-0.39, 0.29) is 11.4 Å². The van der Waals surface area contributed by atoms with Crippen molar-refractivity contribution in [1.82, 2.24) is 5.32 Å². The van der Waals surface area contributed by atoms with E-state index in [1.807, 2.05) is 12.1 Å². The standard InChI is InChI=1S/C14H17FN2/c15-13-7-3-2-6-12(13)14(8-9-14)17-11-5-1-4-10-16/h2-3,6-7,17H,1,4-5,8-9,11H2. The molecule has 3 heteroatoms. The maximum absolute atomic E-state index is 13.7. The van der Waals surface area contributed by atoms with Crippen molar-refractivity contribution in [3.05, 3.63) is 35.6 Å². The van der Waals surface area contributed by atoms with Gasteiger partial charge in [-0.1, -0.05) is 18.2 Å². The molecule has 2 rings (SSSR count). The third kappa shape index (κ3) is 2.83. The van der Waals surface area contributed by atoms with E-state index in [0.29, 0.717) is 6.42 Å². The summed E-state index contributed by atoms with van der Waals surface area (Å²) >= 11 is 0. The third-order valence-electron chi connectivity index (χ3n) is 3.32. The fourth-order valence-corrected chi connectivity index (χ4v) is 2.17. The average Bonchev–Trinajstić information content (AvgIpc) is 3.10. The summed E-state index contributed by atoms with van der Waals surface area (Å²) in [6.07, 6.45) is 4.51. The summed E-state index contributed by atoms with van der Waals surface area (Å²) in [6.45, 7) is 0.857. The zero-order chi connectivity index (χ0) is 12.1. The Morgan fingerprint density at radius 2 is 2.06 bits per heavy atom. The van der Waals surface area contributed by atoms with Gasteiger partial charge in [-0.25, -0.2) is 4.39 Å². The van der Waals surface area contributed by atoms with E-state index in [2.05, 4.69) is 11.4 Å². The number of hydrogen-bond donors (Lipinski definition) is 1. The van der Waals surface area contributed by atoms with E-state index in [0.717, 1.165) is 37.8 Å². The molecule has 1 aromatic carbocycles. The van der Waals surface area contributed by atoms with Crippen LogP contribution in [0, 0.1) is 17.1 Å². The molecule has 0 amide bonds. The summed E-state index contributed by atoms with van der Waals surface area (Å²) in [5.74, 6) is -0.116. The maximum atomic E-state index is 13.7. The average molecular weight is 232 g/mol. The van der Waals surface area contributed by atoms with Gasteiger partial charge in [0, 0.05) is 17.5 Å². The molecular formula is C14H17FN2. The third-order valence-corrected chi connectivity index (χ3v) is 3.32. The Hall–Kier alpha value is -1.40. The molecule has 0 aliphatic heterocycles. The van der Waals surface area contributed by atoms with Crippen molar-refractivity contribution in [2.45, 2.75) is 37.6 Å². The smallest absolute Gasteiger partial charge is 0.128 e. The lowest BCUT2D eigenvalue weighted by molar-refractivity contribution is 0.476. The van der Waals surface area contributed by atoms with Crippen molar-refractivity contribution in [3.8, 4) is 6.07 Å². The fourth-order valence-electron chi connectivity index (χ4n) is 2.17. The molecule has 1 aliphatic carbocycles. The largest absolute Gasteiger partial charge is 0.307 e. The van der Waals surface area contributed by atoms with E-state index in [4.69, 9.17) is 5.26 Å². The lowest BCUT2D eigenvalue weighted by atomic mass is 10.0. The Morgan fingerprint density at radius 1 is 1.29 bits per heavy atom. The fraction of sp³-hybridized carbons (Fsp3) is 0.500. The Morgan fingerprint density at radius 3 is 2.71 bits per heavy atom. The predicted molar refractivity (Wildman–Crippen MR) is 64.8 cm³/mol. The van der Waals surface area contributed by atoms with Gasteiger partial charge in [0.25, 0.3) is 0 Å². The number of hydrogen-bond acceptors (Lipinski definition) is 2. The number of benzene rings is 1. The number of rotatable bonds is 6. The van der Waals surface area contributed by atoms with Crippen LogP contribution in [0.25, 0.3) is 0 Å². The van der Waals surface area contributed by atoms with Crippen molar-refractivity contribution < 1.29 is 4.39 Å². The van der Waals surface area contributed by atoms with Crippen molar-refractivity contribution in [2.24, 2.45) is 0 Å². The normalized spacial score (nSPS) is 16.5. The summed E-state index contributed by atoms with van der Waals surface area (Å²) < 4.78 is 13.7. The highest BCUT2D eigenvalue weighted by Crippen LogP contribution is 2.46. The molecule has 0 spiro atoms. The number of unbranched alkanes of at least 4 members (excludes halogenated alkanes) is 2. The lowest BCUT2D eigenvalue weighted by Gasteiger charge is -2.18. The van der Waals surface area contributed by atoms with Crippen molar-refractivity contribution >= 4 is 0 Å². The van der Waals surface area contributed by atoms with E-state index >= 15 is 0 Å². The summed E-state index contributed by atoms with van der Waals surface area (Å²) in [4.78, 5) is 0. The molecule has 1 aromatic rings. The molecule has 1 aliphatic rings. The maximum Gasteiger partial charge on any atom is 0.128 e. The van der Waals surface area contributed by atoms with Crippen LogP contribution in [-0.2, 0) is 5.54 Å². The molecule has 2 nitrogen and oxygen atoms in total. The van der Waals surface area contributed by atoms with Gasteiger partial charge in [-0.05, 0) is 38.3 Å². The van der Waals surface area contributed by atoms with Crippen LogP contribution in [-0.4, -0.2) is 6.54 Å². The van der Waals surface area contributed by atoms with Crippen LogP contribution in [0.2, 0.25) is 0 Å². The molecule has 0 heterocycles. The van der Waals surface area contributed by atoms with Crippen molar-refractivity contribution in [3.63, 3.8) is 0 Å².